The Morgan fingerprint density at radius 3 is 2.48 bits per heavy atom. The second-order valence-electron chi connectivity index (χ2n) is 7.39. The van der Waals surface area contributed by atoms with Gasteiger partial charge in [-0.1, -0.05) is 72.0 Å². The summed E-state index contributed by atoms with van der Waals surface area (Å²) >= 11 is 9.05. The molecule has 33 heavy (non-hydrogen) atoms. The van der Waals surface area contributed by atoms with E-state index in [1.807, 2.05) is 86.7 Å². The SMILES string of the molecule is CCOc1cc(/C=C2\SC(=S)N(c3ccc(C)cc3)C2=O)cc(I)c1OCc1ccccc1. The fourth-order valence-electron chi connectivity index (χ4n) is 3.34. The quantitative estimate of drug-likeness (QED) is 0.169. The van der Waals surface area contributed by atoms with Gasteiger partial charge in [-0.2, -0.15) is 0 Å². The zero-order chi connectivity index (χ0) is 23.4. The van der Waals surface area contributed by atoms with Gasteiger partial charge < -0.3 is 9.47 Å². The number of aryl methyl sites for hydroxylation is 1. The number of hydrogen-bond donors (Lipinski definition) is 0. The first-order valence-corrected chi connectivity index (χ1v) is 12.7. The second-order valence-corrected chi connectivity index (χ2v) is 10.2. The van der Waals surface area contributed by atoms with E-state index in [0.29, 0.717) is 33.9 Å². The van der Waals surface area contributed by atoms with Crippen LogP contribution in [0.4, 0.5) is 5.69 Å². The summed E-state index contributed by atoms with van der Waals surface area (Å²) in [5.41, 5.74) is 3.85. The van der Waals surface area contributed by atoms with Crippen molar-refractivity contribution >= 4 is 68.6 Å². The molecule has 0 radical (unpaired) electrons. The van der Waals surface area contributed by atoms with E-state index in [0.717, 1.165) is 25.9 Å². The molecule has 0 N–H and O–H groups in total. The summed E-state index contributed by atoms with van der Waals surface area (Å²) in [4.78, 5) is 15.3. The lowest BCUT2D eigenvalue weighted by molar-refractivity contribution is -0.113. The number of ether oxygens (including phenoxy) is 2. The molecule has 1 amide bonds. The van der Waals surface area contributed by atoms with Crippen LogP contribution in [-0.4, -0.2) is 16.8 Å². The number of thioether (sulfide) groups is 1. The van der Waals surface area contributed by atoms with Crippen molar-refractivity contribution in [2.24, 2.45) is 0 Å². The molecule has 1 saturated heterocycles. The number of carbonyl (C=O) groups is 1. The lowest BCUT2D eigenvalue weighted by Crippen LogP contribution is -2.27. The molecule has 0 spiro atoms. The van der Waals surface area contributed by atoms with E-state index < -0.39 is 0 Å². The Labute approximate surface area is 217 Å². The first-order chi connectivity index (χ1) is 16.0. The normalized spacial score (nSPS) is 14.8. The highest BCUT2D eigenvalue weighted by Crippen LogP contribution is 2.39. The lowest BCUT2D eigenvalue weighted by Gasteiger charge is -2.15. The number of nitrogens with zero attached hydrogens (tertiary/aromatic N) is 1. The predicted octanol–water partition coefficient (Wildman–Crippen LogP) is 6.98. The van der Waals surface area contributed by atoms with E-state index in [1.165, 1.54) is 11.8 Å². The van der Waals surface area contributed by atoms with Gasteiger partial charge in [0.05, 0.1) is 20.8 Å². The molecule has 7 heteroatoms. The van der Waals surface area contributed by atoms with Crippen molar-refractivity contribution in [3.63, 3.8) is 0 Å². The zero-order valence-electron chi connectivity index (χ0n) is 18.2. The van der Waals surface area contributed by atoms with Gasteiger partial charge in [-0.25, -0.2) is 0 Å². The highest BCUT2D eigenvalue weighted by Gasteiger charge is 2.33. The summed E-state index contributed by atoms with van der Waals surface area (Å²) in [6, 6.07) is 21.7. The highest BCUT2D eigenvalue weighted by molar-refractivity contribution is 14.1. The Morgan fingerprint density at radius 2 is 1.79 bits per heavy atom. The van der Waals surface area contributed by atoms with Crippen molar-refractivity contribution in [1.82, 2.24) is 0 Å². The molecule has 1 fully saturated rings. The number of anilines is 1. The number of carbonyl (C=O) groups excluding carboxylic acids is 1. The molecule has 0 aromatic heterocycles. The van der Waals surface area contributed by atoms with Gasteiger partial charge in [-0.3, -0.25) is 9.69 Å². The molecule has 4 nitrogen and oxygen atoms in total. The van der Waals surface area contributed by atoms with Crippen molar-refractivity contribution in [1.29, 1.82) is 0 Å². The number of hydrogen-bond acceptors (Lipinski definition) is 5. The van der Waals surface area contributed by atoms with Crippen LogP contribution in [0.5, 0.6) is 11.5 Å². The van der Waals surface area contributed by atoms with Crippen molar-refractivity contribution in [3.05, 3.63) is 91.9 Å². The largest absolute Gasteiger partial charge is 0.490 e. The van der Waals surface area contributed by atoms with Crippen molar-refractivity contribution in [3.8, 4) is 11.5 Å². The van der Waals surface area contributed by atoms with Crippen molar-refractivity contribution in [2.45, 2.75) is 20.5 Å². The van der Waals surface area contributed by atoms with Gasteiger partial charge in [0, 0.05) is 0 Å². The molecule has 0 aliphatic carbocycles. The minimum Gasteiger partial charge on any atom is -0.490 e. The molecule has 4 rings (SSSR count). The molecular weight excluding hydrogens is 565 g/mol. The summed E-state index contributed by atoms with van der Waals surface area (Å²) in [6.07, 6.45) is 1.86. The van der Waals surface area contributed by atoms with Gasteiger partial charge >= 0.3 is 0 Å². The van der Waals surface area contributed by atoms with Crippen LogP contribution in [0.25, 0.3) is 6.08 Å². The molecule has 1 heterocycles. The smallest absolute Gasteiger partial charge is 0.270 e. The molecular formula is C26H22INO3S2. The second kappa shape index (κ2) is 10.7. The number of rotatable bonds is 7. The Bertz CT molecular complexity index is 1210. The first kappa shape index (κ1) is 23.8. The van der Waals surface area contributed by atoms with E-state index >= 15 is 0 Å². The maximum absolute atomic E-state index is 13.1. The Hall–Kier alpha value is -2.36. The van der Waals surface area contributed by atoms with Crippen molar-refractivity contribution < 1.29 is 14.3 Å². The molecule has 3 aromatic carbocycles. The summed E-state index contributed by atoms with van der Waals surface area (Å²) < 4.78 is 13.4. The van der Waals surface area contributed by atoms with Crippen molar-refractivity contribution in [2.75, 3.05) is 11.5 Å². The lowest BCUT2D eigenvalue weighted by atomic mass is 10.1. The molecule has 1 aliphatic rings. The molecule has 0 bridgehead atoms. The zero-order valence-corrected chi connectivity index (χ0v) is 22.0. The van der Waals surface area contributed by atoms with E-state index in [9.17, 15) is 4.79 Å². The van der Waals surface area contributed by atoms with E-state index in [4.69, 9.17) is 21.7 Å². The summed E-state index contributed by atoms with van der Waals surface area (Å²) in [6.45, 7) is 4.91. The summed E-state index contributed by atoms with van der Waals surface area (Å²) in [5, 5.41) is 0. The van der Waals surface area contributed by atoms with Crippen LogP contribution in [-0.2, 0) is 11.4 Å². The topological polar surface area (TPSA) is 38.8 Å². The van der Waals surface area contributed by atoms with Crippen LogP contribution in [0.3, 0.4) is 0 Å². The first-order valence-electron chi connectivity index (χ1n) is 10.4. The van der Waals surface area contributed by atoms with Gasteiger partial charge in [0.1, 0.15) is 6.61 Å². The summed E-state index contributed by atoms with van der Waals surface area (Å²) in [5.74, 6) is 1.23. The van der Waals surface area contributed by atoms with Crippen LogP contribution in [0.1, 0.15) is 23.6 Å². The number of halogens is 1. The van der Waals surface area contributed by atoms with Gasteiger partial charge in [-0.15, -0.1) is 0 Å². The third kappa shape index (κ3) is 5.59. The number of amides is 1. The highest BCUT2D eigenvalue weighted by atomic mass is 127. The van der Waals surface area contributed by atoms with Gasteiger partial charge in [0.15, 0.2) is 15.8 Å². The average molecular weight is 588 g/mol. The van der Waals surface area contributed by atoms with Gasteiger partial charge in [0.25, 0.3) is 5.91 Å². The molecule has 0 saturated carbocycles. The molecule has 0 atom stereocenters. The standard InChI is InChI=1S/C26H22INO3S2/c1-3-30-22-14-19(13-21(27)24(22)31-16-18-7-5-4-6-8-18)15-23-25(29)28(26(32)33-23)20-11-9-17(2)10-12-20/h4-15H,3,16H2,1-2H3/b23-15-. The maximum Gasteiger partial charge on any atom is 0.270 e. The molecule has 1 aliphatic heterocycles. The Balaban J connectivity index is 1.60. The van der Waals surface area contributed by atoms with Crippen LogP contribution in [0.15, 0.2) is 71.6 Å². The Kier molecular flexibility index (Phi) is 7.72. The third-order valence-corrected chi connectivity index (χ3v) is 7.04. The fraction of sp³-hybridized carbons (Fsp3) is 0.154. The summed E-state index contributed by atoms with van der Waals surface area (Å²) in [7, 11) is 0. The van der Waals surface area contributed by atoms with Gasteiger partial charge in [-0.05, 0) is 77.9 Å². The van der Waals surface area contributed by atoms with Crippen LogP contribution in [0.2, 0.25) is 0 Å². The number of benzene rings is 3. The predicted molar refractivity (Wildman–Crippen MR) is 148 cm³/mol. The number of thiocarbonyl (C=S) groups is 1. The molecule has 3 aromatic rings. The van der Waals surface area contributed by atoms with E-state index in [-0.39, 0.29) is 5.91 Å². The van der Waals surface area contributed by atoms with E-state index in [2.05, 4.69) is 22.6 Å². The minimum absolute atomic E-state index is 0.119. The minimum atomic E-state index is -0.119. The van der Waals surface area contributed by atoms with Crippen LogP contribution in [0, 0.1) is 10.5 Å². The molecule has 0 unspecified atom stereocenters. The van der Waals surface area contributed by atoms with Gasteiger partial charge in [0.2, 0.25) is 0 Å². The molecule has 168 valence electrons. The maximum atomic E-state index is 13.1. The van der Waals surface area contributed by atoms with Crippen LogP contribution < -0.4 is 14.4 Å². The average Bonchev–Trinajstić information content (AvgIpc) is 3.07. The van der Waals surface area contributed by atoms with E-state index in [1.54, 1.807) is 4.90 Å². The monoisotopic (exact) mass is 587 g/mol. The Morgan fingerprint density at radius 1 is 1.06 bits per heavy atom. The van der Waals surface area contributed by atoms with Crippen LogP contribution >= 0.6 is 46.6 Å². The fourth-order valence-corrected chi connectivity index (χ4v) is 5.42. The third-order valence-electron chi connectivity index (χ3n) is 4.94.